The van der Waals surface area contributed by atoms with Crippen LogP contribution in [0, 0.1) is 6.92 Å². The van der Waals surface area contributed by atoms with E-state index in [0.29, 0.717) is 11.4 Å². The van der Waals surface area contributed by atoms with E-state index >= 15 is 0 Å². The van der Waals surface area contributed by atoms with Crippen LogP contribution in [0.15, 0.2) is 48.5 Å². The lowest BCUT2D eigenvalue weighted by atomic mass is 10.2. The summed E-state index contributed by atoms with van der Waals surface area (Å²) in [4.78, 5) is 11.8. The highest BCUT2D eigenvalue weighted by molar-refractivity contribution is 7.80. The number of benzene rings is 2. The van der Waals surface area contributed by atoms with Gasteiger partial charge in [-0.3, -0.25) is 10.1 Å². The number of nitrogens with one attached hydrogen (secondary N) is 2. The van der Waals surface area contributed by atoms with Crippen molar-refractivity contribution in [1.82, 2.24) is 5.32 Å². The molecule has 0 aromatic heterocycles. The molecule has 0 saturated heterocycles. The smallest absolute Gasteiger partial charge is 0.264 e. The van der Waals surface area contributed by atoms with Crippen molar-refractivity contribution in [2.24, 2.45) is 0 Å². The van der Waals surface area contributed by atoms with Crippen LogP contribution in [0.1, 0.15) is 11.1 Å². The van der Waals surface area contributed by atoms with Crippen LogP contribution in [0.25, 0.3) is 0 Å². The summed E-state index contributed by atoms with van der Waals surface area (Å²) in [6.45, 7) is 1.77. The number of thiocarbonyl (C=S) groups is 1. The Morgan fingerprint density at radius 3 is 2.74 bits per heavy atom. The monoisotopic (exact) mass is 330 g/mol. The van der Waals surface area contributed by atoms with E-state index in [-0.39, 0.29) is 24.2 Å². The van der Waals surface area contributed by atoms with Gasteiger partial charge in [0.25, 0.3) is 5.91 Å². The van der Waals surface area contributed by atoms with Gasteiger partial charge < -0.3 is 15.2 Å². The second kappa shape index (κ2) is 8.26. The van der Waals surface area contributed by atoms with Crippen LogP contribution in [-0.2, 0) is 11.4 Å². The zero-order chi connectivity index (χ0) is 16.7. The van der Waals surface area contributed by atoms with Crippen LogP contribution in [0.5, 0.6) is 5.75 Å². The highest BCUT2D eigenvalue weighted by atomic mass is 32.1. The fourth-order valence-corrected chi connectivity index (χ4v) is 2.16. The highest BCUT2D eigenvalue weighted by Crippen LogP contribution is 2.12. The van der Waals surface area contributed by atoms with Crippen molar-refractivity contribution in [3.63, 3.8) is 0 Å². The molecule has 0 bridgehead atoms. The SMILES string of the molecule is Cc1cccc(OCC(=O)NC(=S)Nc2cccc(CO)c2)c1. The van der Waals surface area contributed by atoms with Gasteiger partial charge in [-0.2, -0.15) is 0 Å². The number of carbonyl (C=O) groups excluding carboxylic acids is 1. The number of carbonyl (C=O) groups is 1. The van der Waals surface area contributed by atoms with Crippen molar-refractivity contribution < 1.29 is 14.6 Å². The summed E-state index contributed by atoms with van der Waals surface area (Å²) in [5.41, 5.74) is 2.51. The lowest BCUT2D eigenvalue weighted by Crippen LogP contribution is -2.37. The number of amides is 1. The first kappa shape index (κ1) is 16.9. The molecule has 0 fully saturated rings. The van der Waals surface area contributed by atoms with Crippen LogP contribution in [0.4, 0.5) is 5.69 Å². The molecule has 2 aromatic carbocycles. The molecule has 3 N–H and O–H groups in total. The summed E-state index contributed by atoms with van der Waals surface area (Å²) in [6.07, 6.45) is 0. The standard InChI is InChI=1S/C17H18N2O3S/c1-12-4-2-7-15(8-12)22-11-16(21)19-17(23)18-14-6-3-5-13(9-14)10-20/h2-9,20H,10-11H2,1H3,(H2,18,19,21,23). The molecule has 5 nitrogen and oxygen atoms in total. The molecular weight excluding hydrogens is 312 g/mol. The summed E-state index contributed by atoms with van der Waals surface area (Å²) in [7, 11) is 0. The van der Waals surface area contributed by atoms with Crippen molar-refractivity contribution in [3.8, 4) is 5.75 Å². The largest absolute Gasteiger partial charge is 0.484 e. The molecule has 0 saturated carbocycles. The molecule has 0 aliphatic rings. The number of aryl methyl sites for hydroxylation is 1. The number of rotatable bonds is 5. The van der Waals surface area contributed by atoms with Gasteiger partial charge in [0.1, 0.15) is 5.75 Å². The van der Waals surface area contributed by atoms with Crippen molar-refractivity contribution in [1.29, 1.82) is 0 Å². The normalized spacial score (nSPS) is 10.0. The van der Waals surface area contributed by atoms with E-state index in [9.17, 15) is 4.79 Å². The van der Waals surface area contributed by atoms with E-state index in [1.54, 1.807) is 30.3 Å². The van der Waals surface area contributed by atoms with Crippen molar-refractivity contribution in [2.45, 2.75) is 13.5 Å². The van der Waals surface area contributed by atoms with Gasteiger partial charge in [0.2, 0.25) is 0 Å². The van der Waals surface area contributed by atoms with E-state index in [1.165, 1.54) is 0 Å². The zero-order valence-corrected chi connectivity index (χ0v) is 13.5. The predicted octanol–water partition coefficient (Wildman–Crippen LogP) is 2.38. The number of hydrogen-bond donors (Lipinski definition) is 3. The van der Waals surface area contributed by atoms with Gasteiger partial charge in [0.15, 0.2) is 11.7 Å². The lowest BCUT2D eigenvalue weighted by molar-refractivity contribution is -0.121. The summed E-state index contributed by atoms with van der Waals surface area (Å²) in [5, 5.41) is 14.7. The molecule has 0 unspecified atom stereocenters. The Morgan fingerprint density at radius 2 is 2.00 bits per heavy atom. The average molecular weight is 330 g/mol. The average Bonchev–Trinajstić information content (AvgIpc) is 2.53. The highest BCUT2D eigenvalue weighted by Gasteiger charge is 2.06. The summed E-state index contributed by atoms with van der Waals surface area (Å²) >= 11 is 5.08. The van der Waals surface area contributed by atoms with E-state index < -0.39 is 0 Å². The maximum Gasteiger partial charge on any atom is 0.264 e. The Balaban J connectivity index is 1.81. The second-order valence-corrected chi connectivity index (χ2v) is 5.37. The molecule has 23 heavy (non-hydrogen) atoms. The fraction of sp³-hybridized carbons (Fsp3) is 0.176. The van der Waals surface area contributed by atoms with Gasteiger partial charge in [-0.1, -0.05) is 24.3 Å². The number of aliphatic hydroxyl groups is 1. The number of ether oxygens (including phenoxy) is 1. The third-order valence-electron chi connectivity index (χ3n) is 2.98. The zero-order valence-electron chi connectivity index (χ0n) is 12.7. The van der Waals surface area contributed by atoms with Gasteiger partial charge in [-0.15, -0.1) is 0 Å². The van der Waals surface area contributed by atoms with Crippen LogP contribution in [0.2, 0.25) is 0 Å². The minimum Gasteiger partial charge on any atom is -0.484 e. The van der Waals surface area contributed by atoms with Gasteiger partial charge in [-0.25, -0.2) is 0 Å². The van der Waals surface area contributed by atoms with E-state index in [4.69, 9.17) is 22.1 Å². The van der Waals surface area contributed by atoms with E-state index in [2.05, 4.69) is 10.6 Å². The van der Waals surface area contributed by atoms with Gasteiger partial charge in [0.05, 0.1) is 6.61 Å². The Kier molecular flexibility index (Phi) is 6.08. The molecule has 120 valence electrons. The van der Waals surface area contributed by atoms with Gasteiger partial charge >= 0.3 is 0 Å². The molecular formula is C17H18N2O3S. The Hall–Kier alpha value is -2.44. The van der Waals surface area contributed by atoms with Crippen molar-refractivity contribution >= 4 is 28.9 Å². The molecule has 0 radical (unpaired) electrons. The Bertz CT molecular complexity index is 704. The number of anilines is 1. The molecule has 0 aliphatic carbocycles. The lowest BCUT2D eigenvalue weighted by Gasteiger charge is -2.11. The van der Waals surface area contributed by atoms with E-state index in [0.717, 1.165) is 11.1 Å². The summed E-state index contributed by atoms with van der Waals surface area (Å²) < 4.78 is 5.40. The Labute approximate surface area is 140 Å². The third-order valence-corrected chi connectivity index (χ3v) is 3.18. The first-order valence-corrected chi connectivity index (χ1v) is 7.48. The van der Waals surface area contributed by atoms with Crippen molar-refractivity contribution in [2.75, 3.05) is 11.9 Å². The Morgan fingerprint density at radius 1 is 1.22 bits per heavy atom. The van der Waals surface area contributed by atoms with Crippen LogP contribution < -0.4 is 15.4 Å². The molecule has 2 aromatic rings. The number of aliphatic hydroxyl groups excluding tert-OH is 1. The maximum absolute atomic E-state index is 11.8. The molecule has 2 rings (SSSR count). The quantitative estimate of drug-likeness (QED) is 0.734. The predicted molar refractivity (Wildman–Crippen MR) is 93.4 cm³/mol. The minimum atomic E-state index is -0.345. The second-order valence-electron chi connectivity index (χ2n) is 4.97. The van der Waals surface area contributed by atoms with Gasteiger partial charge in [0, 0.05) is 5.69 Å². The molecule has 6 heteroatoms. The molecule has 0 atom stereocenters. The molecule has 0 spiro atoms. The fourth-order valence-electron chi connectivity index (χ4n) is 1.93. The topological polar surface area (TPSA) is 70.6 Å². The minimum absolute atomic E-state index is 0.0566. The maximum atomic E-state index is 11.8. The molecule has 1 amide bonds. The summed E-state index contributed by atoms with van der Waals surface area (Å²) in [6, 6.07) is 14.6. The molecule has 0 aliphatic heterocycles. The molecule has 0 heterocycles. The number of hydrogen-bond acceptors (Lipinski definition) is 4. The van der Waals surface area contributed by atoms with Gasteiger partial charge in [-0.05, 0) is 54.5 Å². The first-order valence-electron chi connectivity index (χ1n) is 7.07. The van der Waals surface area contributed by atoms with Crippen molar-refractivity contribution in [3.05, 3.63) is 59.7 Å². The summed E-state index contributed by atoms with van der Waals surface area (Å²) in [5.74, 6) is 0.289. The van der Waals surface area contributed by atoms with Crippen LogP contribution in [0.3, 0.4) is 0 Å². The van der Waals surface area contributed by atoms with E-state index in [1.807, 2.05) is 25.1 Å². The van der Waals surface area contributed by atoms with Crippen LogP contribution >= 0.6 is 12.2 Å². The first-order chi connectivity index (χ1) is 11.1. The van der Waals surface area contributed by atoms with Crippen LogP contribution in [-0.4, -0.2) is 22.7 Å². The third kappa shape index (κ3) is 5.69.